The molecule has 1 fully saturated rings. The number of carbonyl (C=O) groups excluding carboxylic acids is 2. The van der Waals surface area contributed by atoms with Crippen LogP contribution < -0.4 is 5.32 Å². The predicted octanol–water partition coefficient (Wildman–Crippen LogP) is 1.49. The minimum absolute atomic E-state index is 0.0496. The van der Waals surface area contributed by atoms with E-state index in [0.717, 1.165) is 24.0 Å². The highest BCUT2D eigenvalue weighted by Crippen LogP contribution is 2.24. The summed E-state index contributed by atoms with van der Waals surface area (Å²) in [5, 5.41) is 2.99. The van der Waals surface area contributed by atoms with Crippen LogP contribution in [0.3, 0.4) is 0 Å². The first-order valence-electron chi connectivity index (χ1n) is 7.37. The summed E-state index contributed by atoms with van der Waals surface area (Å²) in [5.41, 5.74) is 2.57. The molecule has 0 radical (unpaired) electrons. The molecule has 0 saturated heterocycles. The first-order chi connectivity index (χ1) is 10.2. The molecular formula is C15H19N3O3. The summed E-state index contributed by atoms with van der Waals surface area (Å²) in [6.07, 6.45) is 5.82. The van der Waals surface area contributed by atoms with Gasteiger partial charge in [-0.05, 0) is 37.3 Å². The molecule has 6 nitrogen and oxygen atoms in total. The zero-order valence-corrected chi connectivity index (χ0v) is 12.1. The fraction of sp³-hybridized carbons (Fsp3) is 0.533. The second-order valence-electron chi connectivity index (χ2n) is 5.44. The highest BCUT2D eigenvalue weighted by Gasteiger charge is 2.28. The Morgan fingerprint density at radius 3 is 2.95 bits per heavy atom. The highest BCUT2D eigenvalue weighted by molar-refractivity contribution is 5.96. The van der Waals surface area contributed by atoms with Crippen LogP contribution in [0, 0.1) is 0 Å². The molecule has 21 heavy (non-hydrogen) atoms. The molecule has 1 N–H and O–H groups in total. The molecule has 0 bridgehead atoms. The number of hydrogen-bond acceptors (Lipinski definition) is 4. The molecule has 1 aromatic rings. The SMILES string of the molecule is CCOC(=O)N1CCc2c(cncc2C(=O)NC2CC2)C1. The number of nitrogens with one attached hydrogen (secondary N) is 1. The van der Waals surface area contributed by atoms with E-state index in [-0.39, 0.29) is 12.0 Å². The van der Waals surface area contributed by atoms with Crippen LogP contribution in [0.25, 0.3) is 0 Å². The van der Waals surface area contributed by atoms with E-state index in [1.807, 2.05) is 0 Å². The quantitative estimate of drug-likeness (QED) is 0.915. The van der Waals surface area contributed by atoms with Crippen molar-refractivity contribution in [2.24, 2.45) is 0 Å². The van der Waals surface area contributed by atoms with Crippen LogP contribution in [-0.4, -0.2) is 41.1 Å². The normalized spacial score (nSPS) is 17.1. The van der Waals surface area contributed by atoms with Gasteiger partial charge in [-0.25, -0.2) is 4.79 Å². The van der Waals surface area contributed by atoms with Crippen LogP contribution in [-0.2, 0) is 17.7 Å². The number of hydrogen-bond donors (Lipinski definition) is 1. The van der Waals surface area contributed by atoms with Gasteiger partial charge in [-0.3, -0.25) is 9.78 Å². The summed E-state index contributed by atoms with van der Waals surface area (Å²) in [5.74, 6) is -0.0496. The van der Waals surface area contributed by atoms with E-state index in [4.69, 9.17) is 4.74 Å². The maximum atomic E-state index is 12.2. The molecular weight excluding hydrogens is 270 g/mol. The van der Waals surface area contributed by atoms with Gasteiger partial charge in [0.15, 0.2) is 0 Å². The van der Waals surface area contributed by atoms with Crippen LogP contribution in [0.5, 0.6) is 0 Å². The molecule has 1 saturated carbocycles. The number of rotatable bonds is 3. The largest absolute Gasteiger partial charge is 0.450 e. The van der Waals surface area contributed by atoms with Crippen molar-refractivity contribution in [3.05, 3.63) is 29.1 Å². The van der Waals surface area contributed by atoms with Crippen LogP contribution in [0.15, 0.2) is 12.4 Å². The van der Waals surface area contributed by atoms with Crippen LogP contribution in [0.4, 0.5) is 4.79 Å². The maximum Gasteiger partial charge on any atom is 0.410 e. The molecule has 0 aromatic carbocycles. The fourth-order valence-corrected chi connectivity index (χ4v) is 2.55. The van der Waals surface area contributed by atoms with Crippen LogP contribution in [0.2, 0.25) is 0 Å². The van der Waals surface area contributed by atoms with Crippen molar-refractivity contribution >= 4 is 12.0 Å². The lowest BCUT2D eigenvalue weighted by Gasteiger charge is -2.28. The average Bonchev–Trinajstić information content (AvgIpc) is 3.30. The minimum atomic E-state index is -0.309. The molecule has 6 heteroatoms. The molecule has 1 aliphatic heterocycles. The Labute approximate surface area is 123 Å². The van der Waals surface area contributed by atoms with Gasteiger partial charge in [-0.1, -0.05) is 0 Å². The van der Waals surface area contributed by atoms with Crippen molar-refractivity contribution in [3.63, 3.8) is 0 Å². The lowest BCUT2D eigenvalue weighted by molar-refractivity contribution is 0.0947. The Hall–Kier alpha value is -2.11. The summed E-state index contributed by atoms with van der Waals surface area (Å²) >= 11 is 0. The summed E-state index contributed by atoms with van der Waals surface area (Å²) in [6.45, 7) is 3.17. The van der Waals surface area contributed by atoms with Crippen LogP contribution >= 0.6 is 0 Å². The van der Waals surface area contributed by atoms with E-state index < -0.39 is 0 Å². The minimum Gasteiger partial charge on any atom is -0.450 e. The Kier molecular flexibility index (Phi) is 3.77. The Morgan fingerprint density at radius 1 is 1.43 bits per heavy atom. The average molecular weight is 289 g/mol. The third-order valence-corrected chi connectivity index (χ3v) is 3.82. The first-order valence-corrected chi connectivity index (χ1v) is 7.37. The van der Waals surface area contributed by atoms with Crippen molar-refractivity contribution in [2.45, 2.75) is 38.8 Å². The van der Waals surface area contributed by atoms with Crippen molar-refractivity contribution < 1.29 is 14.3 Å². The number of amides is 2. The molecule has 2 heterocycles. The lowest BCUT2D eigenvalue weighted by Crippen LogP contribution is -2.38. The van der Waals surface area contributed by atoms with E-state index in [1.54, 1.807) is 24.2 Å². The van der Waals surface area contributed by atoms with Crippen molar-refractivity contribution in [3.8, 4) is 0 Å². The predicted molar refractivity (Wildman–Crippen MR) is 75.9 cm³/mol. The van der Waals surface area contributed by atoms with Gasteiger partial charge in [0.05, 0.1) is 18.7 Å². The van der Waals surface area contributed by atoms with Gasteiger partial charge in [0, 0.05) is 25.0 Å². The van der Waals surface area contributed by atoms with E-state index in [1.165, 1.54) is 0 Å². The van der Waals surface area contributed by atoms with Gasteiger partial charge < -0.3 is 15.0 Å². The van der Waals surface area contributed by atoms with E-state index in [9.17, 15) is 9.59 Å². The van der Waals surface area contributed by atoms with Crippen molar-refractivity contribution in [1.82, 2.24) is 15.2 Å². The van der Waals surface area contributed by atoms with Crippen molar-refractivity contribution in [1.29, 1.82) is 0 Å². The van der Waals surface area contributed by atoms with E-state index >= 15 is 0 Å². The molecule has 2 aliphatic rings. The molecule has 1 aromatic heterocycles. The first kappa shape index (κ1) is 13.9. The van der Waals surface area contributed by atoms with Gasteiger partial charge in [0.2, 0.25) is 0 Å². The molecule has 112 valence electrons. The Bertz CT molecular complexity index is 569. The molecule has 3 rings (SSSR count). The number of nitrogens with zero attached hydrogens (tertiary/aromatic N) is 2. The van der Waals surface area contributed by atoms with Gasteiger partial charge in [-0.2, -0.15) is 0 Å². The van der Waals surface area contributed by atoms with Gasteiger partial charge in [-0.15, -0.1) is 0 Å². The molecule has 0 atom stereocenters. The molecule has 2 amide bonds. The second kappa shape index (κ2) is 5.71. The standard InChI is InChI=1S/C15H19N3O3/c1-2-21-15(20)18-6-5-12-10(9-18)7-16-8-13(12)14(19)17-11-3-4-11/h7-8,11H,2-6,9H2,1H3,(H,17,19). The Morgan fingerprint density at radius 2 is 2.24 bits per heavy atom. The second-order valence-corrected chi connectivity index (χ2v) is 5.44. The number of pyridine rings is 1. The summed E-state index contributed by atoms with van der Waals surface area (Å²) in [7, 11) is 0. The van der Waals surface area contributed by atoms with E-state index in [0.29, 0.717) is 37.7 Å². The third kappa shape index (κ3) is 2.99. The maximum absolute atomic E-state index is 12.2. The zero-order chi connectivity index (χ0) is 14.8. The van der Waals surface area contributed by atoms with Gasteiger partial charge >= 0.3 is 6.09 Å². The number of carbonyl (C=O) groups is 2. The molecule has 0 spiro atoms. The highest BCUT2D eigenvalue weighted by atomic mass is 16.6. The topological polar surface area (TPSA) is 71.5 Å². The summed E-state index contributed by atoms with van der Waals surface area (Å²) < 4.78 is 5.02. The molecule has 0 unspecified atom stereocenters. The smallest absolute Gasteiger partial charge is 0.410 e. The van der Waals surface area contributed by atoms with Gasteiger partial charge in [0.1, 0.15) is 0 Å². The summed E-state index contributed by atoms with van der Waals surface area (Å²) in [4.78, 5) is 29.8. The summed E-state index contributed by atoms with van der Waals surface area (Å²) in [6, 6.07) is 0.327. The lowest BCUT2D eigenvalue weighted by atomic mass is 9.97. The fourth-order valence-electron chi connectivity index (χ4n) is 2.55. The molecule has 1 aliphatic carbocycles. The van der Waals surface area contributed by atoms with Gasteiger partial charge in [0.25, 0.3) is 5.91 Å². The number of fused-ring (bicyclic) bond motifs is 1. The van der Waals surface area contributed by atoms with Crippen LogP contribution in [0.1, 0.15) is 41.3 Å². The monoisotopic (exact) mass is 289 g/mol. The Balaban J connectivity index is 1.77. The zero-order valence-electron chi connectivity index (χ0n) is 12.1. The third-order valence-electron chi connectivity index (χ3n) is 3.82. The van der Waals surface area contributed by atoms with Crippen molar-refractivity contribution in [2.75, 3.05) is 13.2 Å². The van der Waals surface area contributed by atoms with E-state index in [2.05, 4.69) is 10.3 Å². The number of ether oxygens (including phenoxy) is 1. The number of aromatic nitrogens is 1.